The molecule has 1 heterocycles. The molecular formula is C24H35N3O5. The number of piperidine rings is 1. The van der Waals surface area contributed by atoms with Gasteiger partial charge in [0.05, 0.1) is 6.04 Å². The number of aldehydes is 1. The first-order chi connectivity index (χ1) is 15.3. The molecular weight excluding hydrogens is 410 g/mol. The second kappa shape index (κ2) is 8.94. The lowest BCUT2D eigenvalue weighted by Gasteiger charge is -2.36. The van der Waals surface area contributed by atoms with E-state index in [2.05, 4.69) is 24.5 Å². The summed E-state index contributed by atoms with van der Waals surface area (Å²) in [5.41, 5.74) is -0.0577. The van der Waals surface area contributed by atoms with Crippen LogP contribution in [0.15, 0.2) is 0 Å². The zero-order chi connectivity index (χ0) is 23.0. The van der Waals surface area contributed by atoms with Crippen molar-refractivity contribution in [1.82, 2.24) is 15.5 Å². The standard InChI is InChI=1S/C24H35N3O5/c1-24(2)16-11-27(23(32)20(25-13-29)15-6-4-3-5-7-15)21(19(16)24)22(31)26-17(18(30)12-28)10-14-8-9-14/h12-17,19-21H,3-11H2,1-2H3,(H,25,29)(H,26,31)/t16?,17?,19?,20-,21-/m0/s1. The third kappa shape index (κ3) is 4.33. The minimum atomic E-state index is -0.826. The number of nitrogens with zero attached hydrogens (tertiary/aromatic N) is 1. The van der Waals surface area contributed by atoms with Gasteiger partial charge in [-0.3, -0.25) is 24.0 Å². The number of hydrogen-bond acceptors (Lipinski definition) is 5. The van der Waals surface area contributed by atoms with E-state index >= 15 is 0 Å². The van der Waals surface area contributed by atoms with Crippen LogP contribution in [-0.4, -0.2) is 59.9 Å². The Morgan fingerprint density at radius 1 is 1.06 bits per heavy atom. The van der Waals surface area contributed by atoms with E-state index in [1.54, 1.807) is 4.90 Å². The van der Waals surface area contributed by atoms with E-state index < -0.39 is 23.9 Å². The van der Waals surface area contributed by atoms with Crippen LogP contribution in [0.5, 0.6) is 0 Å². The highest BCUT2D eigenvalue weighted by atomic mass is 16.2. The Balaban J connectivity index is 1.52. The van der Waals surface area contributed by atoms with Crippen LogP contribution in [0.3, 0.4) is 0 Å². The topological polar surface area (TPSA) is 113 Å². The number of nitrogens with one attached hydrogen (secondary N) is 2. The Hall–Kier alpha value is -2.25. The average molecular weight is 446 g/mol. The largest absolute Gasteiger partial charge is 0.347 e. The van der Waals surface area contributed by atoms with Gasteiger partial charge >= 0.3 is 0 Å². The molecule has 4 fully saturated rings. The number of carbonyl (C=O) groups is 5. The van der Waals surface area contributed by atoms with E-state index in [0.29, 0.717) is 25.3 Å². The maximum Gasteiger partial charge on any atom is 0.246 e. The lowest BCUT2D eigenvalue weighted by Crippen LogP contribution is -2.58. The summed E-state index contributed by atoms with van der Waals surface area (Å²) in [5.74, 6) is -0.497. The molecule has 32 heavy (non-hydrogen) atoms. The molecule has 0 aromatic heterocycles. The van der Waals surface area contributed by atoms with Gasteiger partial charge in [0, 0.05) is 6.54 Å². The molecule has 5 atom stereocenters. The molecule has 8 heteroatoms. The Labute approximate surface area is 189 Å². The quantitative estimate of drug-likeness (QED) is 0.388. The smallest absolute Gasteiger partial charge is 0.246 e. The van der Waals surface area contributed by atoms with Crippen LogP contribution in [0.4, 0.5) is 0 Å². The number of ketones is 1. The summed E-state index contributed by atoms with van der Waals surface area (Å²) in [5, 5.41) is 5.55. The Kier molecular flexibility index (Phi) is 6.41. The van der Waals surface area contributed by atoms with Crippen molar-refractivity contribution in [2.45, 2.75) is 83.3 Å². The molecule has 3 amide bonds. The fourth-order valence-electron chi connectivity index (χ4n) is 6.21. The van der Waals surface area contributed by atoms with Crippen LogP contribution in [-0.2, 0) is 24.0 Å². The molecule has 3 unspecified atom stereocenters. The predicted octanol–water partition coefficient (Wildman–Crippen LogP) is 1.22. The fourth-order valence-corrected chi connectivity index (χ4v) is 6.21. The van der Waals surface area contributed by atoms with E-state index in [9.17, 15) is 24.0 Å². The van der Waals surface area contributed by atoms with Crippen LogP contribution in [0.1, 0.15) is 65.2 Å². The first-order valence-electron chi connectivity index (χ1n) is 12.1. The van der Waals surface area contributed by atoms with E-state index in [0.717, 1.165) is 44.9 Å². The SMILES string of the molecule is CC1(C)C2CN(C(=O)[C@@H](NC=O)C3CCCCC3)[C@H](C(=O)NC(CC3CC3)C(=O)C=O)C21. The Morgan fingerprint density at radius 2 is 1.75 bits per heavy atom. The maximum atomic E-state index is 13.6. The lowest BCUT2D eigenvalue weighted by atomic mass is 9.83. The number of amides is 3. The van der Waals surface area contributed by atoms with Crippen molar-refractivity contribution in [3.63, 3.8) is 0 Å². The van der Waals surface area contributed by atoms with Gasteiger partial charge < -0.3 is 15.5 Å². The van der Waals surface area contributed by atoms with E-state index in [4.69, 9.17) is 0 Å². The van der Waals surface area contributed by atoms with Crippen LogP contribution < -0.4 is 10.6 Å². The second-order valence-corrected chi connectivity index (χ2v) is 10.8. The number of carbonyl (C=O) groups excluding carboxylic acids is 5. The van der Waals surface area contributed by atoms with Crippen LogP contribution in [0.2, 0.25) is 0 Å². The van der Waals surface area contributed by atoms with Crippen LogP contribution in [0, 0.1) is 29.1 Å². The number of hydrogen-bond donors (Lipinski definition) is 2. The van der Waals surface area contributed by atoms with Gasteiger partial charge in [-0.05, 0) is 48.3 Å². The van der Waals surface area contributed by atoms with E-state index in [1.165, 1.54) is 0 Å². The fraction of sp³-hybridized carbons (Fsp3) is 0.792. The maximum absolute atomic E-state index is 13.6. The normalized spacial score (nSPS) is 30.6. The number of rotatable bonds is 10. The van der Waals surface area contributed by atoms with Gasteiger partial charge in [0.15, 0.2) is 6.29 Å². The van der Waals surface area contributed by atoms with Gasteiger partial charge in [0.1, 0.15) is 12.1 Å². The van der Waals surface area contributed by atoms with Gasteiger partial charge in [-0.25, -0.2) is 0 Å². The molecule has 3 saturated carbocycles. The first kappa shape index (κ1) is 22.9. The highest BCUT2D eigenvalue weighted by Crippen LogP contribution is 2.65. The summed E-state index contributed by atoms with van der Waals surface area (Å²) in [6.45, 7) is 4.68. The molecule has 0 aromatic rings. The summed E-state index contributed by atoms with van der Waals surface area (Å²) in [4.78, 5) is 63.2. The highest BCUT2D eigenvalue weighted by Gasteiger charge is 2.69. The zero-order valence-corrected chi connectivity index (χ0v) is 19.0. The molecule has 0 aromatic carbocycles. The predicted molar refractivity (Wildman–Crippen MR) is 116 cm³/mol. The van der Waals surface area contributed by atoms with Crippen LogP contribution in [0.25, 0.3) is 0 Å². The van der Waals surface area contributed by atoms with Crippen molar-refractivity contribution in [3.05, 3.63) is 0 Å². The van der Waals surface area contributed by atoms with Gasteiger partial charge in [-0.2, -0.15) is 0 Å². The summed E-state index contributed by atoms with van der Waals surface area (Å²) >= 11 is 0. The van der Waals surface area contributed by atoms with E-state index in [1.807, 2.05) is 0 Å². The number of Topliss-reactive ketones (excluding diaryl/α,β-unsaturated/α-hetero) is 1. The molecule has 3 aliphatic carbocycles. The molecule has 4 rings (SSSR count). The number of fused-ring (bicyclic) bond motifs is 1. The lowest BCUT2D eigenvalue weighted by molar-refractivity contribution is -0.144. The van der Waals surface area contributed by atoms with Gasteiger partial charge in [0.2, 0.25) is 24.0 Å². The zero-order valence-electron chi connectivity index (χ0n) is 19.0. The molecule has 4 aliphatic rings. The van der Waals surface area contributed by atoms with Gasteiger partial charge in [-0.1, -0.05) is 46.0 Å². The van der Waals surface area contributed by atoms with Crippen molar-refractivity contribution in [1.29, 1.82) is 0 Å². The molecule has 0 radical (unpaired) electrons. The number of likely N-dealkylation sites (tertiary alicyclic amines) is 1. The van der Waals surface area contributed by atoms with Crippen molar-refractivity contribution in [2.24, 2.45) is 29.1 Å². The minimum Gasteiger partial charge on any atom is -0.347 e. The van der Waals surface area contributed by atoms with E-state index in [-0.39, 0.29) is 41.3 Å². The van der Waals surface area contributed by atoms with Crippen molar-refractivity contribution in [2.75, 3.05) is 6.54 Å². The summed E-state index contributed by atoms with van der Waals surface area (Å²) < 4.78 is 0. The molecule has 0 spiro atoms. The molecule has 1 aliphatic heterocycles. The van der Waals surface area contributed by atoms with Crippen LogP contribution >= 0.6 is 0 Å². The monoisotopic (exact) mass is 445 g/mol. The molecule has 1 saturated heterocycles. The third-order valence-corrected chi connectivity index (χ3v) is 8.44. The summed E-state index contributed by atoms with van der Waals surface area (Å²) in [6.07, 6.45) is 8.33. The summed E-state index contributed by atoms with van der Waals surface area (Å²) in [6, 6.07) is -2.13. The summed E-state index contributed by atoms with van der Waals surface area (Å²) in [7, 11) is 0. The first-order valence-corrected chi connectivity index (χ1v) is 12.1. The van der Waals surface area contributed by atoms with Crippen molar-refractivity contribution in [3.8, 4) is 0 Å². The molecule has 0 bridgehead atoms. The minimum absolute atomic E-state index is 0.0163. The second-order valence-electron chi connectivity index (χ2n) is 10.8. The third-order valence-electron chi connectivity index (χ3n) is 8.44. The molecule has 8 nitrogen and oxygen atoms in total. The molecule has 2 N–H and O–H groups in total. The van der Waals surface area contributed by atoms with Gasteiger partial charge in [0.25, 0.3) is 0 Å². The molecule has 176 valence electrons. The van der Waals surface area contributed by atoms with Crippen molar-refractivity contribution < 1.29 is 24.0 Å². The Bertz CT molecular complexity index is 787. The van der Waals surface area contributed by atoms with Crippen molar-refractivity contribution >= 4 is 30.3 Å². The Morgan fingerprint density at radius 3 is 2.34 bits per heavy atom. The van der Waals surface area contributed by atoms with Gasteiger partial charge in [-0.15, -0.1) is 0 Å². The highest BCUT2D eigenvalue weighted by molar-refractivity contribution is 6.28. The average Bonchev–Trinajstić information content (AvgIpc) is 3.64.